The molecule has 8 heteroatoms. The molecule has 2 aromatic heterocycles. The Balaban J connectivity index is 1.48. The third kappa shape index (κ3) is 3.85. The van der Waals surface area contributed by atoms with Crippen molar-refractivity contribution in [3.63, 3.8) is 0 Å². The van der Waals surface area contributed by atoms with E-state index in [4.69, 9.17) is 4.52 Å². The van der Waals surface area contributed by atoms with Gasteiger partial charge in [0.05, 0.1) is 15.5 Å². The number of hydrogen-bond acceptors (Lipinski definition) is 6. The van der Waals surface area contributed by atoms with Crippen LogP contribution in [0.2, 0.25) is 0 Å². The third-order valence-electron chi connectivity index (χ3n) is 5.73. The fourth-order valence-corrected chi connectivity index (χ4v) is 7.15. The second kappa shape index (κ2) is 7.66. The molecule has 2 aromatic rings. The van der Waals surface area contributed by atoms with Crippen LogP contribution in [0.5, 0.6) is 0 Å². The van der Waals surface area contributed by atoms with Gasteiger partial charge in [0.15, 0.2) is 5.76 Å². The molecule has 6 nitrogen and oxygen atoms in total. The van der Waals surface area contributed by atoms with Crippen molar-refractivity contribution >= 4 is 21.4 Å². The number of piperazine rings is 1. The third-order valence-corrected chi connectivity index (χ3v) is 8.94. The molecule has 0 atom stereocenters. The van der Waals surface area contributed by atoms with Crippen molar-refractivity contribution in [3.8, 4) is 10.6 Å². The Bertz CT molecular complexity index is 889. The Morgan fingerprint density at radius 1 is 1.07 bits per heavy atom. The lowest BCUT2D eigenvalue weighted by molar-refractivity contribution is 0.111. The predicted molar refractivity (Wildman–Crippen MR) is 106 cm³/mol. The molecule has 0 unspecified atom stereocenters. The maximum absolute atomic E-state index is 13.2. The van der Waals surface area contributed by atoms with Gasteiger partial charge < -0.3 is 4.52 Å². The molecule has 2 fully saturated rings. The molecule has 0 amide bonds. The first-order chi connectivity index (χ1) is 12.9. The fourth-order valence-electron chi connectivity index (χ4n) is 4.22. The standard InChI is InChI=1S/C19H27N3O3S2/c1-14-12-17(25-20-14)18-13-19(15(2)26-18)27(23,24)22-10-8-21(9-11-22)16-6-4-3-5-7-16/h12-13,16H,3-11H2,1-2H3. The largest absolute Gasteiger partial charge is 0.355 e. The predicted octanol–water partition coefficient (Wildman–Crippen LogP) is 3.66. The van der Waals surface area contributed by atoms with Crippen molar-refractivity contribution in [2.75, 3.05) is 26.2 Å². The van der Waals surface area contributed by atoms with E-state index in [2.05, 4.69) is 10.1 Å². The molecule has 1 saturated carbocycles. The van der Waals surface area contributed by atoms with Crippen LogP contribution >= 0.6 is 11.3 Å². The van der Waals surface area contributed by atoms with Crippen molar-refractivity contribution in [1.82, 2.24) is 14.4 Å². The molecule has 2 aliphatic rings. The van der Waals surface area contributed by atoms with Crippen LogP contribution in [-0.4, -0.2) is 55.0 Å². The molecule has 148 valence electrons. The van der Waals surface area contributed by atoms with Gasteiger partial charge in [0.25, 0.3) is 0 Å². The average molecular weight is 410 g/mol. The number of sulfonamides is 1. The summed E-state index contributed by atoms with van der Waals surface area (Å²) in [6, 6.07) is 4.22. The molecule has 1 aliphatic carbocycles. The first-order valence-corrected chi connectivity index (χ1v) is 12.0. The first-order valence-electron chi connectivity index (χ1n) is 9.73. The Morgan fingerprint density at radius 2 is 1.78 bits per heavy atom. The van der Waals surface area contributed by atoms with E-state index in [-0.39, 0.29) is 0 Å². The number of rotatable bonds is 4. The summed E-state index contributed by atoms with van der Waals surface area (Å²) in [6.45, 7) is 6.54. The van der Waals surface area contributed by atoms with Gasteiger partial charge in [0.2, 0.25) is 10.0 Å². The monoisotopic (exact) mass is 409 g/mol. The molecule has 4 rings (SSSR count). The van der Waals surface area contributed by atoms with Crippen LogP contribution in [0, 0.1) is 13.8 Å². The van der Waals surface area contributed by atoms with E-state index >= 15 is 0 Å². The fraction of sp³-hybridized carbons (Fsp3) is 0.632. The molecule has 1 aliphatic heterocycles. The minimum atomic E-state index is -3.47. The van der Waals surface area contributed by atoms with Gasteiger partial charge in [-0.1, -0.05) is 24.4 Å². The summed E-state index contributed by atoms with van der Waals surface area (Å²) in [5, 5.41) is 3.90. The van der Waals surface area contributed by atoms with Crippen molar-refractivity contribution < 1.29 is 12.9 Å². The van der Waals surface area contributed by atoms with E-state index in [1.165, 1.54) is 43.4 Å². The average Bonchev–Trinajstić information content (AvgIpc) is 3.28. The van der Waals surface area contributed by atoms with E-state index in [1.807, 2.05) is 19.9 Å². The van der Waals surface area contributed by atoms with Crippen molar-refractivity contribution in [1.29, 1.82) is 0 Å². The molecule has 27 heavy (non-hydrogen) atoms. The lowest BCUT2D eigenvalue weighted by Crippen LogP contribution is -2.52. The lowest BCUT2D eigenvalue weighted by atomic mass is 9.94. The molecular formula is C19H27N3O3S2. The van der Waals surface area contributed by atoms with Crippen molar-refractivity contribution in [2.45, 2.75) is 56.9 Å². The summed E-state index contributed by atoms with van der Waals surface area (Å²) in [7, 11) is -3.47. The summed E-state index contributed by atoms with van der Waals surface area (Å²) >= 11 is 1.44. The number of thiophene rings is 1. The quantitative estimate of drug-likeness (QED) is 0.771. The summed E-state index contributed by atoms with van der Waals surface area (Å²) in [6.07, 6.45) is 6.48. The van der Waals surface area contributed by atoms with Crippen LogP contribution in [0.1, 0.15) is 42.7 Å². The molecule has 0 N–H and O–H groups in total. The summed E-state index contributed by atoms with van der Waals surface area (Å²) in [5.74, 6) is 0.629. The zero-order chi connectivity index (χ0) is 19.0. The number of aryl methyl sites for hydroxylation is 2. The van der Waals surface area contributed by atoms with Crippen LogP contribution in [0.3, 0.4) is 0 Å². The van der Waals surface area contributed by atoms with E-state index in [0.717, 1.165) is 28.5 Å². The highest BCUT2D eigenvalue weighted by atomic mass is 32.2. The second-order valence-electron chi connectivity index (χ2n) is 7.60. The molecule has 0 spiro atoms. The van der Waals surface area contributed by atoms with Gasteiger partial charge in [0, 0.05) is 43.2 Å². The minimum Gasteiger partial charge on any atom is -0.355 e. The van der Waals surface area contributed by atoms with Crippen LogP contribution < -0.4 is 0 Å². The molecule has 0 bridgehead atoms. The summed E-state index contributed by atoms with van der Waals surface area (Å²) in [4.78, 5) is 4.51. The maximum atomic E-state index is 13.2. The maximum Gasteiger partial charge on any atom is 0.244 e. The zero-order valence-electron chi connectivity index (χ0n) is 16.0. The smallest absolute Gasteiger partial charge is 0.244 e. The first kappa shape index (κ1) is 19.1. The topological polar surface area (TPSA) is 66.7 Å². The molecule has 1 saturated heterocycles. The van der Waals surface area contributed by atoms with Gasteiger partial charge in [-0.2, -0.15) is 4.31 Å². The Kier molecular flexibility index (Phi) is 5.42. The number of hydrogen-bond donors (Lipinski definition) is 0. The minimum absolute atomic E-state index is 0.405. The van der Waals surface area contributed by atoms with E-state index in [9.17, 15) is 8.42 Å². The number of aromatic nitrogens is 1. The van der Waals surface area contributed by atoms with Gasteiger partial charge >= 0.3 is 0 Å². The number of nitrogens with zero attached hydrogens (tertiary/aromatic N) is 3. The SMILES string of the molecule is Cc1cc(-c2cc(S(=O)(=O)N3CCN(C4CCCCC4)CC3)c(C)s2)on1. The normalized spacial score (nSPS) is 21.0. The van der Waals surface area contributed by atoms with Crippen molar-refractivity contribution in [3.05, 3.63) is 22.7 Å². The second-order valence-corrected chi connectivity index (χ2v) is 10.8. The van der Waals surface area contributed by atoms with Gasteiger partial charge in [0.1, 0.15) is 0 Å². The summed E-state index contributed by atoms with van der Waals surface area (Å²) < 4.78 is 33.4. The van der Waals surface area contributed by atoms with Crippen LogP contribution in [0.15, 0.2) is 21.6 Å². The van der Waals surface area contributed by atoms with Gasteiger partial charge in [-0.15, -0.1) is 11.3 Å². The molecule has 3 heterocycles. The zero-order valence-corrected chi connectivity index (χ0v) is 17.6. The highest BCUT2D eigenvalue weighted by Gasteiger charge is 2.33. The molecule has 0 aromatic carbocycles. The van der Waals surface area contributed by atoms with Crippen LogP contribution in [0.4, 0.5) is 0 Å². The molecular weight excluding hydrogens is 382 g/mol. The van der Waals surface area contributed by atoms with Gasteiger partial charge in [-0.05, 0) is 32.8 Å². The van der Waals surface area contributed by atoms with Crippen molar-refractivity contribution in [2.24, 2.45) is 0 Å². The van der Waals surface area contributed by atoms with E-state index < -0.39 is 10.0 Å². The van der Waals surface area contributed by atoms with Gasteiger partial charge in [-0.3, -0.25) is 4.90 Å². The highest BCUT2D eigenvalue weighted by molar-refractivity contribution is 7.89. The lowest BCUT2D eigenvalue weighted by Gasteiger charge is -2.40. The summed E-state index contributed by atoms with van der Waals surface area (Å²) in [5.41, 5.74) is 0.791. The van der Waals surface area contributed by atoms with Crippen LogP contribution in [0.25, 0.3) is 10.6 Å². The van der Waals surface area contributed by atoms with E-state index in [1.54, 1.807) is 10.4 Å². The van der Waals surface area contributed by atoms with E-state index in [0.29, 0.717) is 29.8 Å². The Labute approximate surface area is 165 Å². The highest BCUT2D eigenvalue weighted by Crippen LogP contribution is 2.35. The van der Waals surface area contributed by atoms with Gasteiger partial charge in [-0.25, -0.2) is 8.42 Å². The molecule has 0 radical (unpaired) electrons. The Hall–Kier alpha value is -1.22. The van der Waals surface area contributed by atoms with Crippen LogP contribution in [-0.2, 0) is 10.0 Å². The Morgan fingerprint density at radius 3 is 2.41 bits per heavy atom.